The van der Waals surface area contributed by atoms with Crippen LogP contribution >= 0.6 is 0 Å². The molecular formula is C18H20N2O5. The minimum absolute atomic E-state index is 0.0393. The van der Waals surface area contributed by atoms with Gasteiger partial charge >= 0.3 is 6.09 Å². The number of rotatable bonds is 8. The van der Waals surface area contributed by atoms with Gasteiger partial charge in [-0.1, -0.05) is 24.3 Å². The van der Waals surface area contributed by atoms with Crippen molar-refractivity contribution >= 4 is 11.8 Å². The summed E-state index contributed by atoms with van der Waals surface area (Å²) in [6.07, 6.45) is 0.525. The Hall–Kier alpha value is -3.09. The van der Waals surface area contributed by atoms with Gasteiger partial charge in [0.15, 0.2) is 0 Å². The largest absolute Gasteiger partial charge is 0.489 e. The summed E-state index contributed by atoms with van der Waals surface area (Å²) in [7, 11) is 1.54. The Labute approximate surface area is 145 Å². The zero-order valence-corrected chi connectivity index (χ0v) is 13.9. The fraction of sp³-hybridized carbons (Fsp3) is 0.278. The lowest BCUT2D eigenvalue weighted by molar-refractivity contribution is -0.384. The van der Waals surface area contributed by atoms with Crippen LogP contribution in [-0.4, -0.2) is 34.6 Å². The van der Waals surface area contributed by atoms with Crippen molar-refractivity contribution in [1.29, 1.82) is 0 Å². The molecule has 0 atom stereocenters. The lowest BCUT2D eigenvalue weighted by Crippen LogP contribution is -2.25. The van der Waals surface area contributed by atoms with Crippen molar-refractivity contribution in [3.8, 4) is 5.75 Å². The highest BCUT2D eigenvalue weighted by atomic mass is 16.6. The Morgan fingerprint density at radius 2 is 1.92 bits per heavy atom. The van der Waals surface area contributed by atoms with Crippen LogP contribution in [0.4, 0.5) is 10.5 Å². The zero-order valence-electron chi connectivity index (χ0n) is 13.9. The van der Waals surface area contributed by atoms with Gasteiger partial charge in [0.05, 0.1) is 4.92 Å². The summed E-state index contributed by atoms with van der Waals surface area (Å²) >= 11 is 0. The number of nitro benzene ring substituents is 1. The van der Waals surface area contributed by atoms with Crippen molar-refractivity contribution in [3.63, 3.8) is 0 Å². The number of amides is 1. The predicted molar refractivity (Wildman–Crippen MR) is 92.8 cm³/mol. The van der Waals surface area contributed by atoms with Crippen LogP contribution in [0.15, 0.2) is 48.5 Å². The van der Waals surface area contributed by atoms with E-state index in [2.05, 4.69) is 0 Å². The molecule has 0 aliphatic heterocycles. The van der Waals surface area contributed by atoms with Gasteiger partial charge in [0.2, 0.25) is 0 Å². The number of hydrogen-bond acceptors (Lipinski definition) is 4. The van der Waals surface area contributed by atoms with E-state index in [1.807, 2.05) is 24.3 Å². The fourth-order valence-electron chi connectivity index (χ4n) is 2.33. The second-order valence-corrected chi connectivity index (χ2v) is 5.67. The monoisotopic (exact) mass is 344 g/mol. The fourth-order valence-corrected chi connectivity index (χ4v) is 2.33. The minimum atomic E-state index is -0.936. The molecule has 0 fully saturated rings. The second kappa shape index (κ2) is 8.68. The number of carbonyl (C=O) groups is 1. The summed E-state index contributed by atoms with van der Waals surface area (Å²) in [5.74, 6) is 0.676. The molecule has 2 aromatic carbocycles. The van der Waals surface area contributed by atoms with Crippen LogP contribution < -0.4 is 4.74 Å². The third-order valence-corrected chi connectivity index (χ3v) is 3.71. The molecule has 1 amide bonds. The highest BCUT2D eigenvalue weighted by Gasteiger charge is 2.07. The maximum Gasteiger partial charge on any atom is 0.407 e. The lowest BCUT2D eigenvalue weighted by atomic mass is 10.1. The normalized spacial score (nSPS) is 10.3. The number of ether oxygens (including phenoxy) is 1. The minimum Gasteiger partial charge on any atom is -0.489 e. The molecule has 1 N–H and O–H groups in total. The molecule has 0 saturated carbocycles. The standard InChI is InChI=1S/C18H20N2O5/c1-19(18(21)22)10-4-7-14-5-3-9-17(12-14)25-13-15-6-2-8-16(11-15)20(23)24/h2-3,5-6,8-9,11-12H,4,7,10,13H2,1H3,(H,21,22). The van der Waals surface area contributed by atoms with Crippen LogP contribution in [0.25, 0.3) is 0 Å². The third-order valence-electron chi connectivity index (χ3n) is 3.71. The van der Waals surface area contributed by atoms with E-state index in [9.17, 15) is 14.9 Å². The van der Waals surface area contributed by atoms with E-state index in [1.54, 1.807) is 19.2 Å². The van der Waals surface area contributed by atoms with Gasteiger partial charge in [-0.25, -0.2) is 4.79 Å². The number of nitro groups is 1. The molecule has 0 radical (unpaired) electrons. The molecule has 132 valence electrons. The molecule has 0 aromatic heterocycles. The van der Waals surface area contributed by atoms with Crippen LogP contribution in [0.1, 0.15) is 17.5 Å². The SMILES string of the molecule is CN(CCCc1cccc(OCc2cccc([N+](=O)[O-])c2)c1)C(=O)O. The quantitative estimate of drug-likeness (QED) is 0.582. The van der Waals surface area contributed by atoms with Crippen molar-refractivity contribution in [3.05, 3.63) is 69.8 Å². The topological polar surface area (TPSA) is 92.9 Å². The van der Waals surface area contributed by atoms with Gasteiger partial charge in [-0.15, -0.1) is 0 Å². The maximum atomic E-state index is 10.8. The number of benzene rings is 2. The molecule has 0 unspecified atom stereocenters. The first-order valence-corrected chi connectivity index (χ1v) is 7.85. The molecule has 0 bridgehead atoms. The smallest absolute Gasteiger partial charge is 0.407 e. The summed E-state index contributed by atoms with van der Waals surface area (Å²) in [6, 6.07) is 13.9. The van der Waals surface area contributed by atoms with Gasteiger partial charge in [-0.2, -0.15) is 0 Å². The van der Waals surface area contributed by atoms with Crippen LogP contribution in [-0.2, 0) is 13.0 Å². The Morgan fingerprint density at radius 1 is 1.20 bits per heavy atom. The van der Waals surface area contributed by atoms with E-state index in [4.69, 9.17) is 9.84 Å². The molecule has 0 aliphatic carbocycles. The molecule has 0 spiro atoms. The first-order chi connectivity index (χ1) is 12.0. The lowest BCUT2D eigenvalue weighted by Gasteiger charge is -2.12. The highest BCUT2D eigenvalue weighted by molar-refractivity contribution is 5.64. The summed E-state index contributed by atoms with van der Waals surface area (Å²) < 4.78 is 5.71. The van der Waals surface area contributed by atoms with Crippen molar-refractivity contribution in [2.75, 3.05) is 13.6 Å². The Kier molecular flexibility index (Phi) is 6.33. The van der Waals surface area contributed by atoms with E-state index in [1.165, 1.54) is 17.0 Å². The van der Waals surface area contributed by atoms with E-state index in [0.717, 1.165) is 24.0 Å². The Morgan fingerprint density at radius 3 is 2.64 bits per heavy atom. The van der Waals surface area contributed by atoms with Crippen LogP contribution in [0.2, 0.25) is 0 Å². The van der Waals surface area contributed by atoms with Crippen molar-refractivity contribution in [1.82, 2.24) is 4.90 Å². The van der Waals surface area contributed by atoms with Crippen LogP contribution in [0.3, 0.4) is 0 Å². The van der Waals surface area contributed by atoms with Gasteiger partial charge in [-0.05, 0) is 36.1 Å². The summed E-state index contributed by atoms with van der Waals surface area (Å²) in [4.78, 5) is 22.4. The van der Waals surface area contributed by atoms with Gasteiger partial charge in [0, 0.05) is 25.7 Å². The molecule has 2 aromatic rings. The molecule has 7 nitrogen and oxygen atoms in total. The number of aryl methyl sites for hydroxylation is 1. The molecule has 0 saturated heterocycles. The predicted octanol–water partition coefficient (Wildman–Crippen LogP) is 3.72. The number of non-ortho nitro benzene ring substituents is 1. The summed E-state index contributed by atoms with van der Waals surface area (Å²) in [5, 5.41) is 19.6. The van der Waals surface area contributed by atoms with Gasteiger partial charge < -0.3 is 14.7 Å². The zero-order chi connectivity index (χ0) is 18.2. The Balaban J connectivity index is 1.90. The number of carboxylic acid groups (broad SMARTS) is 1. The molecule has 7 heteroatoms. The number of nitrogens with zero attached hydrogens (tertiary/aromatic N) is 2. The number of hydrogen-bond donors (Lipinski definition) is 1. The third kappa shape index (κ3) is 5.80. The van der Waals surface area contributed by atoms with E-state index in [-0.39, 0.29) is 12.3 Å². The first kappa shape index (κ1) is 18.3. The average molecular weight is 344 g/mol. The first-order valence-electron chi connectivity index (χ1n) is 7.85. The van der Waals surface area contributed by atoms with E-state index < -0.39 is 11.0 Å². The molecule has 25 heavy (non-hydrogen) atoms. The summed E-state index contributed by atoms with van der Waals surface area (Å²) in [5.41, 5.74) is 1.82. The van der Waals surface area contributed by atoms with Crippen LogP contribution in [0.5, 0.6) is 5.75 Å². The van der Waals surface area contributed by atoms with E-state index in [0.29, 0.717) is 12.3 Å². The van der Waals surface area contributed by atoms with E-state index >= 15 is 0 Å². The average Bonchev–Trinajstić information content (AvgIpc) is 2.60. The highest BCUT2D eigenvalue weighted by Crippen LogP contribution is 2.18. The van der Waals surface area contributed by atoms with Crippen LogP contribution in [0, 0.1) is 10.1 Å². The van der Waals surface area contributed by atoms with Crippen molar-refractivity contribution in [2.24, 2.45) is 0 Å². The molecular weight excluding hydrogens is 324 g/mol. The Bertz CT molecular complexity index is 748. The summed E-state index contributed by atoms with van der Waals surface area (Å²) in [6.45, 7) is 0.709. The molecule has 0 aliphatic rings. The van der Waals surface area contributed by atoms with Crippen molar-refractivity contribution in [2.45, 2.75) is 19.4 Å². The maximum absolute atomic E-state index is 10.8. The van der Waals surface area contributed by atoms with Gasteiger partial charge in [0.25, 0.3) is 5.69 Å². The molecule has 0 heterocycles. The second-order valence-electron chi connectivity index (χ2n) is 5.67. The molecule has 2 rings (SSSR count). The van der Waals surface area contributed by atoms with Gasteiger partial charge in [0.1, 0.15) is 12.4 Å². The van der Waals surface area contributed by atoms with Crippen molar-refractivity contribution < 1.29 is 19.6 Å². The van der Waals surface area contributed by atoms with Gasteiger partial charge in [-0.3, -0.25) is 10.1 Å².